The molecule has 1 N–H and O–H groups in total. The maximum Gasteiger partial charge on any atom is 0.305 e. The lowest BCUT2D eigenvalue weighted by Crippen LogP contribution is -2.53. The lowest BCUT2D eigenvalue weighted by molar-refractivity contribution is -0.141. The second-order valence-corrected chi connectivity index (χ2v) is 5.26. The summed E-state index contributed by atoms with van der Waals surface area (Å²) in [6.45, 7) is 9.46. The third kappa shape index (κ3) is 3.76. The lowest BCUT2D eigenvalue weighted by atomic mass is 9.85. The molecule has 1 heterocycles. The van der Waals surface area contributed by atoms with Crippen molar-refractivity contribution in [3.05, 3.63) is 0 Å². The number of rotatable bonds is 5. The van der Waals surface area contributed by atoms with Gasteiger partial charge in [-0.1, -0.05) is 13.8 Å². The number of carbonyl (C=O) groups is 1. The van der Waals surface area contributed by atoms with Crippen molar-refractivity contribution in [3.63, 3.8) is 0 Å². The van der Waals surface area contributed by atoms with Gasteiger partial charge in [-0.05, 0) is 19.3 Å². The predicted molar refractivity (Wildman–Crippen MR) is 62.5 cm³/mol. The molecular formula is C12H23NO3. The van der Waals surface area contributed by atoms with Gasteiger partial charge in [-0.2, -0.15) is 0 Å². The molecule has 0 bridgehead atoms. The van der Waals surface area contributed by atoms with Crippen LogP contribution in [0.1, 0.15) is 33.6 Å². The molecule has 0 aliphatic carbocycles. The van der Waals surface area contributed by atoms with Gasteiger partial charge in [0.2, 0.25) is 0 Å². The van der Waals surface area contributed by atoms with Crippen LogP contribution in [-0.2, 0) is 9.53 Å². The molecule has 4 nitrogen and oxygen atoms in total. The van der Waals surface area contributed by atoms with E-state index in [9.17, 15) is 4.79 Å². The van der Waals surface area contributed by atoms with E-state index in [2.05, 4.69) is 25.7 Å². The van der Waals surface area contributed by atoms with Gasteiger partial charge in [-0.3, -0.25) is 9.69 Å². The van der Waals surface area contributed by atoms with Crippen molar-refractivity contribution in [1.29, 1.82) is 0 Å². The first-order valence-electron chi connectivity index (χ1n) is 5.98. The minimum atomic E-state index is -0.713. The van der Waals surface area contributed by atoms with Crippen molar-refractivity contribution in [2.75, 3.05) is 26.3 Å². The molecular weight excluding hydrogens is 206 g/mol. The highest BCUT2D eigenvalue weighted by Gasteiger charge is 2.35. The third-order valence-corrected chi connectivity index (χ3v) is 3.15. The molecule has 4 heteroatoms. The molecule has 0 amide bonds. The van der Waals surface area contributed by atoms with Gasteiger partial charge in [0.1, 0.15) is 0 Å². The van der Waals surface area contributed by atoms with E-state index in [1.807, 2.05) is 0 Å². The molecule has 1 saturated heterocycles. The van der Waals surface area contributed by atoms with Gasteiger partial charge in [0, 0.05) is 18.6 Å². The number of ether oxygens (including phenoxy) is 1. The maximum atomic E-state index is 11.0. The molecule has 94 valence electrons. The number of aliphatic carboxylic acids is 1. The first kappa shape index (κ1) is 13.5. The molecule has 1 rings (SSSR count). The minimum absolute atomic E-state index is 0.213. The van der Waals surface area contributed by atoms with Crippen molar-refractivity contribution in [2.45, 2.75) is 39.2 Å². The number of carboxylic acids is 1. The molecule has 0 spiro atoms. The largest absolute Gasteiger partial charge is 0.481 e. The van der Waals surface area contributed by atoms with Crippen LogP contribution in [0.2, 0.25) is 0 Å². The summed E-state index contributed by atoms with van der Waals surface area (Å²) in [4.78, 5) is 13.2. The fraction of sp³-hybridized carbons (Fsp3) is 0.917. The number of hydrogen-bond acceptors (Lipinski definition) is 3. The zero-order valence-corrected chi connectivity index (χ0v) is 10.5. The number of morpholine rings is 1. The summed E-state index contributed by atoms with van der Waals surface area (Å²) in [5.41, 5.74) is -0.232. The standard InChI is InChI=1S/C12H23NO3/c1-10(2)8-12(3,9-11(14)15)13-4-6-16-7-5-13/h10H,4-9H2,1-3H3,(H,14,15). The first-order chi connectivity index (χ1) is 7.44. The van der Waals surface area contributed by atoms with Crippen LogP contribution in [0.15, 0.2) is 0 Å². The minimum Gasteiger partial charge on any atom is -0.481 e. The maximum absolute atomic E-state index is 11.0. The highest BCUT2D eigenvalue weighted by molar-refractivity contribution is 5.68. The molecule has 1 aliphatic rings. The zero-order chi connectivity index (χ0) is 12.2. The smallest absolute Gasteiger partial charge is 0.305 e. The van der Waals surface area contributed by atoms with Crippen LogP contribution in [0.3, 0.4) is 0 Å². The van der Waals surface area contributed by atoms with Gasteiger partial charge in [-0.25, -0.2) is 0 Å². The normalized spacial score (nSPS) is 22.0. The van der Waals surface area contributed by atoms with Crippen LogP contribution in [0.25, 0.3) is 0 Å². The quantitative estimate of drug-likeness (QED) is 0.778. The van der Waals surface area contributed by atoms with Crippen molar-refractivity contribution >= 4 is 5.97 Å². The molecule has 0 aromatic heterocycles. The van der Waals surface area contributed by atoms with Gasteiger partial charge in [0.25, 0.3) is 0 Å². The lowest BCUT2D eigenvalue weighted by Gasteiger charge is -2.43. The number of hydrogen-bond donors (Lipinski definition) is 1. The first-order valence-corrected chi connectivity index (χ1v) is 5.98. The van der Waals surface area contributed by atoms with Crippen LogP contribution >= 0.6 is 0 Å². The van der Waals surface area contributed by atoms with E-state index in [1.165, 1.54) is 0 Å². The van der Waals surface area contributed by atoms with Crippen LogP contribution in [-0.4, -0.2) is 47.8 Å². The summed E-state index contributed by atoms with van der Waals surface area (Å²) in [5, 5.41) is 9.03. The molecule has 1 fully saturated rings. The molecule has 1 unspecified atom stereocenters. The second kappa shape index (κ2) is 5.64. The van der Waals surface area contributed by atoms with Crippen LogP contribution in [0.4, 0.5) is 0 Å². The van der Waals surface area contributed by atoms with E-state index < -0.39 is 5.97 Å². The summed E-state index contributed by atoms with van der Waals surface area (Å²) in [6.07, 6.45) is 1.13. The van der Waals surface area contributed by atoms with Gasteiger partial charge >= 0.3 is 5.97 Å². The average molecular weight is 229 g/mol. The summed E-state index contributed by atoms with van der Waals surface area (Å²) < 4.78 is 5.32. The molecule has 0 saturated carbocycles. The Morgan fingerprint density at radius 3 is 2.44 bits per heavy atom. The van der Waals surface area contributed by atoms with Crippen LogP contribution in [0.5, 0.6) is 0 Å². The summed E-state index contributed by atoms with van der Waals surface area (Å²) in [6, 6.07) is 0. The van der Waals surface area contributed by atoms with Gasteiger partial charge in [0.05, 0.1) is 19.6 Å². The highest BCUT2D eigenvalue weighted by atomic mass is 16.5. The Morgan fingerprint density at radius 1 is 1.44 bits per heavy atom. The van der Waals surface area contributed by atoms with Gasteiger partial charge in [-0.15, -0.1) is 0 Å². The summed E-state index contributed by atoms with van der Waals surface area (Å²) in [5.74, 6) is -0.207. The summed E-state index contributed by atoms with van der Waals surface area (Å²) in [7, 11) is 0. The summed E-state index contributed by atoms with van der Waals surface area (Å²) >= 11 is 0. The van der Waals surface area contributed by atoms with E-state index in [0.29, 0.717) is 19.1 Å². The van der Waals surface area contributed by atoms with Crippen molar-refractivity contribution in [1.82, 2.24) is 4.90 Å². The van der Waals surface area contributed by atoms with E-state index >= 15 is 0 Å². The molecule has 0 aromatic carbocycles. The Kier molecular flexibility index (Phi) is 4.74. The van der Waals surface area contributed by atoms with Crippen LogP contribution < -0.4 is 0 Å². The number of nitrogens with zero attached hydrogens (tertiary/aromatic N) is 1. The SMILES string of the molecule is CC(C)CC(C)(CC(=O)O)N1CCOCC1. The van der Waals surface area contributed by atoms with Crippen molar-refractivity contribution in [3.8, 4) is 0 Å². The molecule has 1 atom stereocenters. The van der Waals surface area contributed by atoms with Gasteiger partial charge < -0.3 is 9.84 Å². The topological polar surface area (TPSA) is 49.8 Å². The molecule has 0 aromatic rings. The monoisotopic (exact) mass is 229 g/mol. The van der Waals surface area contributed by atoms with E-state index in [4.69, 9.17) is 9.84 Å². The van der Waals surface area contributed by atoms with Crippen molar-refractivity contribution in [2.24, 2.45) is 5.92 Å². The van der Waals surface area contributed by atoms with Gasteiger partial charge in [0.15, 0.2) is 0 Å². The fourth-order valence-electron chi connectivity index (χ4n) is 2.62. The van der Waals surface area contributed by atoms with E-state index in [0.717, 1.165) is 19.5 Å². The highest BCUT2D eigenvalue weighted by Crippen LogP contribution is 2.28. The van der Waals surface area contributed by atoms with E-state index in [-0.39, 0.29) is 12.0 Å². The fourth-order valence-corrected chi connectivity index (χ4v) is 2.62. The molecule has 1 aliphatic heterocycles. The molecule has 0 radical (unpaired) electrons. The Balaban J connectivity index is 2.70. The predicted octanol–water partition coefficient (Wildman–Crippen LogP) is 1.60. The Bertz CT molecular complexity index is 236. The Morgan fingerprint density at radius 2 is 2.00 bits per heavy atom. The molecule has 16 heavy (non-hydrogen) atoms. The van der Waals surface area contributed by atoms with E-state index in [1.54, 1.807) is 0 Å². The zero-order valence-electron chi connectivity index (χ0n) is 10.5. The second-order valence-electron chi connectivity index (χ2n) is 5.26. The van der Waals surface area contributed by atoms with Crippen LogP contribution in [0, 0.1) is 5.92 Å². The Labute approximate surface area is 97.6 Å². The Hall–Kier alpha value is -0.610. The number of carboxylic acid groups (broad SMARTS) is 1. The average Bonchev–Trinajstić information content (AvgIpc) is 2.16. The van der Waals surface area contributed by atoms with Crippen molar-refractivity contribution < 1.29 is 14.6 Å². The third-order valence-electron chi connectivity index (χ3n) is 3.15.